The molecule has 140 valence electrons. The summed E-state index contributed by atoms with van der Waals surface area (Å²) in [5.74, 6) is 0.223. The normalized spacial score (nSPS) is 16.9. The molecular weight excluding hydrogens is 375 g/mol. The highest BCUT2D eigenvalue weighted by Crippen LogP contribution is 2.26. The third-order valence-electron chi connectivity index (χ3n) is 4.50. The van der Waals surface area contributed by atoms with E-state index in [1.165, 1.54) is 12.1 Å². The molecule has 3 aromatic rings. The molecule has 0 spiro atoms. The average molecular weight is 391 g/mol. The molecule has 1 amide bonds. The molecule has 1 unspecified atom stereocenters. The number of hydrogen-bond donors (Lipinski definition) is 0. The summed E-state index contributed by atoms with van der Waals surface area (Å²) in [5.41, 5.74) is 0.782. The minimum Gasteiger partial charge on any atom is -0.336 e. The maximum Gasteiger partial charge on any atom is 0.280 e. The lowest BCUT2D eigenvalue weighted by atomic mass is 10.2. The van der Waals surface area contributed by atoms with Crippen molar-refractivity contribution in [3.63, 3.8) is 0 Å². The predicted molar refractivity (Wildman–Crippen MR) is 93.7 cm³/mol. The van der Waals surface area contributed by atoms with Crippen LogP contribution in [0.4, 0.5) is 4.39 Å². The van der Waals surface area contributed by atoms with Crippen molar-refractivity contribution in [2.75, 3.05) is 13.1 Å². The quantitative estimate of drug-likeness (QED) is 0.680. The number of nitrogens with zero attached hydrogens (tertiary/aromatic N) is 6. The Morgan fingerprint density at radius 1 is 1.44 bits per heavy atom. The van der Waals surface area contributed by atoms with Crippen molar-refractivity contribution in [2.24, 2.45) is 0 Å². The molecule has 8 nitrogen and oxygen atoms in total. The van der Waals surface area contributed by atoms with E-state index in [2.05, 4.69) is 20.5 Å². The van der Waals surface area contributed by atoms with E-state index in [4.69, 9.17) is 16.1 Å². The van der Waals surface area contributed by atoms with Crippen LogP contribution in [0.3, 0.4) is 0 Å². The van der Waals surface area contributed by atoms with Crippen LogP contribution < -0.4 is 0 Å². The van der Waals surface area contributed by atoms with Gasteiger partial charge < -0.3 is 9.42 Å². The van der Waals surface area contributed by atoms with Gasteiger partial charge in [-0.15, -0.1) is 5.10 Å². The van der Waals surface area contributed by atoms with Crippen LogP contribution in [0.2, 0.25) is 5.02 Å². The van der Waals surface area contributed by atoms with E-state index in [0.29, 0.717) is 36.9 Å². The zero-order valence-electron chi connectivity index (χ0n) is 14.5. The van der Waals surface area contributed by atoms with Crippen LogP contribution in [-0.4, -0.2) is 49.0 Å². The van der Waals surface area contributed by atoms with E-state index in [1.807, 2.05) is 6.92 Å². The van der Waals surface area contributed by atoms with Crippen LogP contribution in [0, 0.1) is 5.82 Å². The summed E-state index contributed by atoms with van der Waals surface area (Å²) < 4.78 is 20.1. The molecule has 10 heteroatoms. The lowest BCUT2D eigenvalue weighted by Gasteiger charge is -2.17. The second kappa shape index (κ2) is 7.07. The lowest BCUT2D eigenvalue weighted by Crippen LogP contribution is -2.29. The van der Waals surface area contributed by atoms with Gasteiger partial charge in [0.05, 0.1) is 22.8 Å². The minimum atomic E-state index is -0.474. The van der Waals surface area contributed by atoms with Gasteiger partial charge in [-0.3, -0.25) is 4.79 Å². The number of rotatable bonds is 4. The fourth-order valence-corrected chi connectivity index (χ4v) is 3.28. The van der Waals surface area contributed by atoms with E-state index in [1.54, 1.807) is 15.8 Å². The molecule has 0 saturated carbocycles. The smallest absolute Gasteiger partial charge is 0.280 e. The molecule has 1 atom stereocenters. The van der Waals surface area contributed by atoms with Gasteiger partial charge in [0.25, 0.3) is 11.8 Å². The van der Waals surface area contributed by atoms with Crippen LogP contribution >= 0.6 is 11.6 Å². The monoisotopic (exact) mass is 390 g/mol. The third-order valence-corrected chi connectivity index (χ3v) is 4.81. The van der Waals surface area contributed by atoms with Crippen LogP contribution in [-0.2, 0) is 6.42 Å². The standard InChI is InChI=1S/C17H16ClFN6O2/c1-2-15-20-16(27-22-15)14-9-25(23-21-14)11-5-6-24(8-11)17(26)12-4-3-10(19)7-13(12)18/h3-4,7,9,11H,2,5-6,8H2,1H3. The average Bonchev–Trinajstić information content (AvgIpc) is 3.39. The topological polar surface area (TPSA) is 89.9 Å². The fraction of sp³-hybridized carbons (Fsp3) is 0.353. The second-order valence-corrected chi connectivity index (χ2v) is 6.68. The number of carbonyl (C=O) groups is 1. The number of likely N-dealkylation sites (tertiary alicyclic amines) is 1. The van der Waals surface area contributed by atoms with Gasteiger partial charge in [0.1, 0.15) is 5.82 Å². The summed E-state index contributed by atoms with van der Waals surface area (Å²) in [7, 11) is 0. The van der Waals surface area contributed by atoms with E-state index in [0.717, 1.165) is 12.5 Å². The van der Waals surface area contributed by atoms with Crippen molar-refractivity contribution < 1.29 is 13.7 Å². The first kappa shape index (κ1) is 17.6. The number of amides is 1. The lowest BCUT2D eigenvalue weighted by molar-refractivity contribution is 0.0787. The number of carbonyl (C=O) groups excluding carboxylic acids is 1. The number of benzene rings is 1. The summed E-state index contributed by atoms with van der Waals surface area (Å²) in [6, 6.07) is 3.75. The van der Waals surface area contributed by atoms with Crippen molar-refractivity contribution in [3.05, 3.63) is 46.6 Å². The van der Waals surface area contributed by atoms with Crippen LogP contribution in [0.5, 0.6) is 0 Å². The van der Waals surface area contributed by atoms with Gasteiger partial charge in [-0.25, -0.2) is 9.07 Å². The maximum atomic E-state index is 13.2. The summed E-state index contributed by atoms with van der Waals surface area (Å²) in [6.07, 6.45) is 3.12. The molecule has 0 aliphatic carbocycles. The number of halogens is 2. The Morgan fingerprint density at radius 3 is 3.04 bits per heavy atom. The van der Waals surface area contributed by atoms with Gasteiger partial charge in [-0.05, 0) is 24.6 Å². The molecule has 3 heterocycles. The Kier molecular flexibility index (Phi) is 4.61. The molecule has 1 fully saturated rings. The molecule has 2 aromatic heterocycles. The zero-order chi connectivity index (χ0) is 19.0. The SMILES string of the molecule is CCc1noc(-c2cn(C3CCN(C(=O)c4ccc(F)cc4Cl)C3)nn2)n1. The summed E-state index contributed by atoms with van der Waals surface area (Å²) in [5, 5.41) is 12.2. The highest BCUT2D eigenvalue weighted by Gasteiger charge is 2.30. The van der Waals surface area contributed by atoms with Gasteiger partial charge >= 0.3 is 0 Å². The van der Waals surface area contributed by atoms with Crippen molar-refractivity contribution in [3.8, 4) is 11.6 Å². The van der Waals surface area contributed by atoms with E-state index >= 15 is 0 Å². The first-order valence-corrected chi connectivity index (χ1v) is 8.92. The number of aromatic nitrogens is 5. The Hall–Kier alpha value is -2.81. The van der Waals surface area contributed by atoms with Crippen LogP contribution in [0.25, 0.3) is 11.6 Å². The van der Waals surface area contributed by atoms with Gasteiger partial charge in [0, 0.05) is 19.5 Å². The molecule has 1 saturated heterocycles. The Balaban J connectivity index is 1.47. The molecular formula is C17H16ClFN6O2. The van der Waals surface area contributed by atoms with Crippen LogP contribution in [0.15, 0.2) is 28.9 Å². The minimum absolute atomic E-state index is 0.0250. The molecule has 0 bridgehead atoms. The highest BCUT2D eigenvalue weighted by atomic mass is 35.5. The Bertz CT molecular complexity index is 987. The van der Waals surface area contributed by atoms with Crippen molar-refractivity contribution in [1.29, 1.82) is 0 Å². The largest absolute Gasteiger partial charge is 0.336 e. The zero-order valence-corrected chi connectivity index (χ0v) is 15.2. The maximum absolute atomic E-state index is 13.2. The van der Waals surface area contributed by atoms with E-state index in [-0.39, 0.29) is 22.5 Å². The molecule has 27 heavy (non-hydrogen) atoms. The van der Waals surface area contributed by atoms with Gasteiger partial charge in [0.2, 0.25) is 0 Å². The highest BCUT2D eigenvalue weighted by molar-refractivity contribution is 6.33. The van der Waals surface area contributed by atoms with Gasteiger partial charge in [-0.1, -0.05) is 28.9 Å². The second-order valence-electron chi connectivity index (χ2n) is 6.27. The first-order valence-electron chi connectivity index (χ1n) is 8.54. The third kappa shape index (κ3) is 3.42. The number of aryl methyl sites for hydroxylation is 1. The van der Waals surface area contributed by atoms with Crippen molar-refractivity contribution in [1.82, 2.24) is 30.0 Å². The summed E-state index contributed by atoms with van der Waals surface area (Å²) in [6.45, 7) is 2.94. The van der Waals surface area contributed by atoms with Crippen molar-refractivity contribution in [2.45, 2.75) is 25.8 Å². The molecule has 1 aliphatic rings. The molecule has 0 N–H and O–H groups in total. The van der Waals surface area contributed by atoms with Gasteiger partial charge in [0.15, 0.2) is 11.5 Å². The molecule has 1 aliphatic heterocycles. The molecule has 4 rings (SSSR count). The predicted octanol–water partition coefficient (Wildman–Crippen LogP) is 2.77. The summed E-state index contributed by atoms with van der Waals surface area (Å²) in [4.78, 5) is 18.6. The number of hydrogen-bond acceptors (Lipinski definition) is 6. The summed E-state index contributed by atoms with van der Waals surface area (Å²) >= 11 is 6.00. The molecule has 0 radical (unpaired) electrons. The van der Waals surface area contributed by atoms with Crippen molar-refractivity contribution >= 4 is 17.5 Å². The molecule has 1 aromatic carbocycles. The Morgan fingerprint density at radius 2 is 2.30 bits per heavy atom. The van der Waals surface area contributed by atoms with E-state index in [9.17, 15) is 9.18 Å². The Labute approximate surface area is 158 Å². The first-order chi connectivity index (χ1) is 13.0. The van der Waals surface area contributed by atoms with Crippen LogP contribution in [0.1, 0.15) is 35.6 Å². The van der Waals surface area contributed by atoms with Gasteiger partial charge in [-0.2, -0.15) is 4.98 Å². The fourth-order valence-electron chi connectivity index (χ4n) is 3.03. The van der Waals surface area contributed by atoms with E-state index < -0.39 is 5.82 Å².